The Morgan fingerprint density at radius 3 is 2.06 bits per heavy atom. The maximum atomic E-state index is 10.4. The summed E-state index contributed by atoms with van der Waals surface area (Å²) in [4.78, 5) is 0. The van der Waals surface area contributed by atoms with Crippen LogP contribution in [-0.4, -0.2) is 29.9 Å². The Balaban J connectivity index is 3.32. The van der Waals surface area contributed by atoms with Crippen LogP contribution >= 0.6 is 0 Å². The largest absolute Gasteiger partial charge is 0.393 e. The number of aliphatic hydroxyl groups is 1. The number of hydrogen-bond acceptors (Lipinski definition) is 3. The summed E-state index contributed by atoms with van der Waals surface area (Å²) in [5, 5.41) is 9.57. The van der Waals surface area contributed by atoms with Gasteiger partial charge in [-0.25, -0.2) is 0 Å². The van der Waals surface area contributed by atoms with E-state index < -0.39 is 16.2 Å². The molecular weight excluding hydrogens is 240 g/mol. The second-order valence-electron chi connectivity index (χ2n) is 4.64. The van der Waals surface area contributed by atoms with E-state index in [1.807, 2.05) is 0 Å². The molecule has 0 heterocycles. The summed E-state index contributed by atoms with van der Waals surface area (Å²) in [5.41, 5.74) is 0. The number of unbranched alkanes of at least 4 members (excludes halogenated alkanes) is 5. The van der Waals surface area contributed by atoms with Gasteiger partial charge in [-0.2, -0.15) is 8.42 Å². The normalized spacial score (nSPS) is 13.8. The predicted octanol–water partition coefficient (Wildman–Crippen LogP) is 2.77. The molecule has 1 unspecified atom stereocenters. The molecule has 0 amide bonds. The SMILES string of the molecule is CCCCCCCCC(O)CCCS(=O)(=O)O. The molecule has 2 N–H and O–H groups in total. The summed E-state index contributed by atoms with van der Waals surface area (Å²) in [6.07, 6.45) is 8.20. The third kappa shape index (κ3) is 13.8. The smallest absolute Gasteiger partial charge is 0.264 e. The maximum absolute atomic E-state index is 10.4. The molecule has 0 fully saturated rings. The monoisotopic (exact) mass is 266 g/mol. The van der Waals surface area contributed by atoms with Gasteiger partial charge in [-0.3, -0.25) is 4.55 Å². The summed E-state index contributed by atoms with van der Waals surface area (Å²) in [6.45, 7) is 2.18. The molecule has 1 atom stereocenters. The third-order valence-corrected chi connectivity index (χ3v) is 3.64. The van der Waals surface area contributed by atoms with Gasteiger partial charge in [0.2, 0.25) is 0 Å². The Kier molecular flexibility index (Phi) is 9.78. The van der Waals surface area contributed by atoms with Gasteiger partial charge in [-0.1, -0.05) is 45.4 Å². The van der Waals surface area contributed by atoms with Crippen LogP contribution in [0.25, 0.3) is 0 Å². The van der Waals surface area contributed by atoms with E-state index in [0.717, 1.165) is 19.3 Å². The van der Waals surface area contributed by atoms with Crippen LogP contribution in [0.5, 0.6) is 0 Å². The van der Waals surface area contributed by atoms with Gasteiger partial charge in [0.1, 0.15) is 0 Å². The lowest BCUT2D eigenvalue weighted by Crippen LogP contribution is -2.10. The number of rotatable bonds is 11. The fourth-order valence-electron chi connectivity index (χ4n) is 1.81. The van der Waals surface area contributed by atoms with Crippen molar-refractivity contribution in [2.45, 2.75) is 70.8 Å². The zero-order chi connectivity index (χ0) is 13.1. The Labute approximate surface area is 105 Å². The van der Waals surface area contributed by atoms with E-state index in [0.29, 0.717) is 12.8 Å². The molecule has 5 heteroatoms. The first-order valence-electron chi connectivity index (χ1n) is 6.59. The van der Waals surface area contributed by atoms with Gasteiger partial charge in [0.05, 0.1) is 11.9 Å². The van der Waals surface area contributed by atoms with Crippen molar-refractivity contribution in [3.8, 4) is 0 Å². The Hall–Kier alpha value is -0.130. The molecule has 0 aromatic rings. The summed E-state index contributed by atoms with van der Waals surface area (Å²) >= 11 is 0. The third-order valence-electron chi connectivity index (χ3n) is 2.83. The highest BCUT2D eigenvalue weighted by atomic mass is 32.2. The van der Waals surface area contributed by atoms with E-state index in [2.05, 4.69) is 6.92 Å². The molecule has 0 aromatic heterocycles. The van der Waals surface area contributed by atoms with E-state index in [1.54, 1.807) is 0 Å². The van der Waals surface area contributed by atoms with Crippen LogP contribution in [0.2, 0.25) is 0 Å². The Bertz CT molecular complexity index is 262. The standard InChI is InChI=1S/C12H26O4S/c1-2-3-4-5-6-7-9-12(13)10-8-11-17(14,15)16/h12-13H,2-11H2,1H3,(H,14,15,16). The minimum Gasteiger partial charge on any atom is -0.393 e. The maximum Gasteiger partial charge on any atom is 0.264 e. The topological polar surface area (TPSA) is 74.6 Å². The molecular formula is C12H26O4S. The highest BCUT2D eigenvalue weighted by Crippen LogP contribution is 2.11. The second-order valence-corrected chi connectivity index (χ2v) is 6.21. The molecule has 0 aliphatic carbocycles. The van der Waals surface area contributed by atoms with Crippen molar-refractivity contribution in [2.24, 2.45) is 0 Å². The van der Waals surface area contributed by atoms with Crippen LogP contribution < -0.4 is 0 Å². The minimum absolute atomic E-state index is 0.249. The molecule has 0 saturated carbocycles. The van der Waals surface area contributed by atoms with Gasteiger partial charge in [-0.15, -0.1) is 0 Å². The summed E-state index contributed by atoms with van der Waals surface area (Å²) in [6, 6.07) is 0. The molecule has 17 heavy (non-hydrogen) atoms. The fraction of sp³-hybridized carbons (Fsp3) is 1.00. The Morgan fingerprint density at radius 1 is 0.941 bits per heavy atom. The van der Waals surface area contributed by atoms with Crippen molar-refractivity contribution in [1.29, 1.82) is 0 Å². The average Bonchev–Trinajstić information content (AvgIpc) is 2.21. The summed E-state index contributed by atoms with van der Waals surface area (Å²) in [7, 11) is -3.87. The molecule has 0 spiro atoms. The van der Waals surface area contributed by atoms with Crippen molar-refractivity contribution in [3.63, 3.8) is 0 Å². The van der Waals surface area contributed by atoms with Gasteiger partial charge in [0, 0.05) is 0 Å². The zero-order valence-corrected chi connectivity index (χ0v) is 11.6. The van der Waals surface area contributed by atoms with Crippen molar-refractivity contribution >= 4 is 10.1 Å². The van der Waals surface area contributed by atoms with Gasteiger partial charge in [0.15, 0.2) is 0 Å². The highest BCUT2D eigenvalue weighted by Gasteiger charge is 2.08. The van der Waals surface area contributed by atoms with E-state index >= 15 is 0 Å². The molecule has 0 rings (SSSR count). The molecule has 0 bridgehead atoms. The zero-order valence-electron chi connectivity index (χ0n) is 10.8. The van der Waals surface area contributed by atoms with Crippen LogP contribution in [0.4, 0.5) is 0 Å². The molecule has 0 aromatic carbocycles. The van der Waals surface area contributed by atoms with Crippen molar-refractivity contribution < 1.29 is 18.1 Å². The van der Waals surface area contributed by atoms with Gasteiger partial charge < -0.3 is 5.11 Å². The van der Waals surface area contributed by atoms with Gasteiger partial charge >= 0.3 is 0 Å². The minimum atomic E-state index is -3.87. The van der Waals surface area contributed by atoms with Crippen LogP contribution in [0, 0.1) is 0 Å². The fourth-order valence-corrected chi connectivity index (χ4v) is 2.34. The predicted molar refractivity (Wildman–Crippen MR) is 69.6 cm³/mol. The van der Waals surface area contributed by atoms with Crippen LogP contribution in [-0.2, 0) is 10.1 Å². The summed E-state index contributed by atoms with van der Waals surface area (Å²) in [5.74, 6) is -0.249. The summed E-state index contributed by atoms with van der Waals surface area (Å²) < 4.78 is 29.4. The molecule has 4 nitrogen and oxygen atoms in total. The van der Waals surface area contributed by atoms with E-state index in [4.69, 9.17) is 4.55 Å². The lowest BCUT2D eigenvalue weighted by atomic mass is 10.0. The second kappa shape index (κ2) is 9.85. The Morgan fingerprint density at radius 2 is 1.47 bits per heavy atom. The quantitative estimate of drug-likeness (QED) is 0.445. The van der Waals surface area contributed by atoms with E-state index in [1.165, 1.54) is 25.7 Å². The highest BCUT2D eigenvalue weighted by molar-refractivity contribution is 7.85. The first-order valence-corrected chi connectivity index (χ1v) is 8.20. The van der Waals surface area contributed by atoms with Crippen LogP contribution in [0.15, 0.2) is 0 Å². The van der Waals surface area contributed by atoms with Crippen molar-refractivity contribution in [3.05, 3.63) is 0 Å². The number of hydrogen-bond donors (Lipinski definition) is 2. The van der Waals surface area contributed by atoms with Crippen molar-refractivity contribution in [1.82, 2.24) is 0 Å². The molecule has 0 radical (unpaired) electrons. The van der Waals surface area contributed by atoms with Gasteiger partial charge in [0.25, 0.3) is 10.1 Å². The van der Waals surface area contributed by atoms with Gasteiger partial charge in [-0.05, 0) is 19.3 Å². The molecule has 0 aliphatic heterocycles. The van der Waals surface area contributed by atoms with Crippen LogP contribution in [0.3, 0.4) is 0 Å². The number of aliphatic hydroxyl groups excluding tert-OH is 1. The molecule has 0 saturated heterocycles. The van der Waals surface area contributed by atoms with E-state index in [9.17, 15) is 13.5 Å². The first kappa shape index (κ1) is 16.9. The van der Waals surface area contributed by atoms with E-state index in [-0.39, 0.29) is 5.75 Å². The first-order chi connectivity index (χ1) is 7.95. The average molecular weight is 266 g/mol. The molecule has 0 aliphatic rings. The lowest BCUT2D eigenvalue weighted by Gasteiger charge is -2.09. The van der Waals surface area contributed by atoms with Crippen LogP contribution in [0.1, 0.15) is 64.7 Å². The van der Waals surface area contributed by atoms with Crippen molar-refractivity contribution in [2.75, 3.05) is 5.75 Å². The lowest BCUT2D eigenvalue weighted by molar-refractivity contribution is 0.150. The molecule has 104 valence electrons.